The van der Waals surface area contributed by atoms with E-state index >= 15 is 0 Å². The van der Waals surface area contributed by atoms with E-state index < -0.39 is 29.2 Å². The van der Waals surface area contributed by atoms with Crippen molar-refractivity contribution in [1.82, 2.24) is 14.9 Å². The number of alkyl halides is 3. The summed E-state index contributed by atoms with van der Waals surface area (Å²) in [5.74, 6) is -1.14. The second kappa shape index (κ2) is 8.65. The Balaban J connectivity index is 1.44. The fourth-order valence-electron chi connectivity index (χ4n) is 4.51. The summed E-state index contributed by atoms with van der Waals surface area (Å²) in [4.78, 5) is 22.8. The number of rotatable bonds is 4. The lowest BCUT2D eigenvalue weighted by atomic mass is 9.80. The van der Waals surface area contributed by atoms with Gasteiger partial charge in [0, 0.05) is 44.3 Å². The van der Waals surface area contributed by atoms with Crippen LogP contribution in [0.25, 0.3) is 0 Å². The molecule has 2 aliphatic rings. The van der Waals surface area contributed by atoms with Crippen LogP contribution in [-0.2, 0) is 10.9 Å². The maximum atomic E-state index is 14.2. The predicted molar refractivity (Wildman–Crippen MR) is 108 cm³/mol. The molecule has 1 spiro atoms. The lowest BCUT2D eigenvalue weighted by molar-refractivity contribution is -0.138. The molecule has 172 valence electrons. The van der Waals surface area contributed by atoms with Gasteiger partial charge in [-0.1, -0.05) is 6.07 Å². The van der Waals surface area contributed by atoms with Gasteiger partial charge >= 0.3 is 6.18 Å². The van der Waals surface area contributed by atoms with Gasteiger partial charge < -0.3 is 15.0 Å². The van der Waals surface area contributed by atoms with Gasteiger partial charge in [-0.3, -0.25) is 4.79 Å². The number of aromatic nitrogens is 2. The smallest absolute Gasteiger partial charge is 0.381 e. The molecule has 1 amide bonds. The highest BCUT2D eigenvalue weighted by molar-refractivity contribution is 5.94. The minimum absolute atomic E-state index is 0.00718. The Hall–Kier alpha value is -2.75. The van der Waals surface area contributed by atoms with E-state index in [1.165, 1.54) is 19.3 Å². The molecule has 1 N–H and O–H groups in total. The summed E-state index contributed by atoms with van der Waals surface area (Å²) in [5, 5.41) is 2.69. The van der Waals surface area contributed by atoms with Crippen LogP contribution in [0.4, 0.5) is 23.5 Å². The Morgan fingerprint density at radius 3 is 2.53 bits per heavy atom. The monoisotopic (exact) mass is 452 g/mol. The highest BCUT2D eigenvalue weighted by Crippen LogP contribution is 2.40. The van der Waals surface area contributed by atoms with Gasteiger partial charge in [0.1, 0.15) is 5.82 Å². The minimum atomic E-state index is -4.69. The number of anilines is 1. The quantitative estimate of drug-likeness (QED) is 0.695. The molecular formula is C22H24F4N4O2. The number of nitrogens with zero attached hydrogens (tertiary/aromatic N) is 3. The van der Waals surface area contributed by atoms with E-state index in [-0.39, 0.29) is 17.3 Å². The lowest BCUT2D eigenvalue weighted by Gasteiger charge is -2.33. The SMILES string of the molecule is CC(Nc1ncc(C(=O)N2CCC3(CCOCC3)C2)cn1)c1c(F)cccc1C(F)(F)F. The summed E-state index contributed by atoms with van der Waals surface area (Å²) in [6.45, 7) is 4.14. The van der Waals surface area contributed by atoms with Gasteiger partial charge in [-0.05, 0) is 43.7 Å². The molecule has 4 rings (SSSR count). The van der Waals surface area contributed by atoms with Crippen LogP contribution in [0.1, 0.15) is 53.7 Å². The number of likely N-dealkylation sites (tertiary alicyclic amines) is 1. The number of ether oxygens (including phenoxy) is 1. The van der Waals surface area contributed by atoms with E-state index in [2.05, 4.69) is 15.3 Å². The number of amides is 1. The molecule has 2 fully saturated rings. The first-order valence-corrected chi connectivity index (χ1v) is 10.5. The van der Waals surface area contributed by atoms with Gasteiger partial charge in [0.15, 0.2) is 0 Å². The van der Waals surface area contributed by atoms with Crippen molar-refractivity contribution in [1.29, 1.82) is 0 Å². The summed E-state index contributed by atoms with van der Waals surface area (Å²) in [7, 11) is 0. The summed E-state index contributed by atoms with van der Waals surface area (Å²) in [6, 6.07) is 1.79. The fraction of sp³-hybridized carbons (Fsp3) is 0.500. The maximum absolute atomic E-state index is 14.2. The highest BCUT2D eigenvalue weighted by Gasteiger charge is 2.41. The number of carbonyl (C=O) groups excluding carboxylic acids is 1. The van der Waals surface area contributed by atoms with Gasteiger partial charge in [0.25, 0.3) is 5.91 Å². The number of hydrogen-bond acceptors (Lipinski definition) is 5. The van der Waals surface area contributed by atoms with Gasteiger partial charge in [0.05, 0.1) is 17.2 Å². The zero-order valence-electron chi connectivity index (χ0n) is 17.6. The van der Waals surface area contributed by atoms with Crippen molar-refractivity contribution < 1.29 is 27.1 Å². The van der Waals surface area contributed by atoms with E-state index in [4.69, 9.17) is 4.74 Å². The molecule has 1 unspecified atom stereocenters. The number of benzene rings is 1. The largest absolute Gasteiger partial charge is 0.416 e. The molecule has 1 aromatic carbocycles. The second-order valence-corrected chi connectivity index (χ2v) is 8.45. The van der Waals surface area contributed by atoms with Crippen molar-refractivity contribution in [2.75, 3.05) is 31.6 Å². The molecule has 32 heavy (non-hydrogen) atoms. The third-order valence-corrected chi connectivity index (χ3v) is 6.31. The number of halogens is 4. The molecule has 0 saturated carbocycles. The summed E-state index contributed by atoms with van der Waals surface area (Å²) < 4.78 is 59.4. The molecule has 1 aromatic heterocycles. The van der Waals surface area contributed by atoms with E-state index in [0.717, 1.165) is 37.5 Å². The second-order valence-electron chi connectivity index (χ2n) is 8.45. The Kier molecular flexibility index (Phi) is 6.07. The Morgan fingerprint density at radius 1 is 1.19 bits per heavy atom. The van der Waals surface area contributed by atoms with Crippen LogP contribution in [0.2, 0.25) is 0 Å². The van der Waals surface area contributed by atoms with Gasteiger partial charge in [0.2, 0.25) is 5.95 Å². The molecule has 0 bridgehead atoms. The Labute approximate surface area is 183 Å². The summed E-state index contributed by atoms with van der Waals surface area (Å²) in [6.07, 6.45) is 0.789. The van der Waals surface area contributed by atoms with E-state index in [0.29, 0.717) is 31.9 Å². The predicted octanol–water partition coefficient (Wildman–Crippen LogP) is 4.45. The van der Waals surface area contributed by atoms with Crippen LogP contribution in [0, 0.1) is 11.2 Å². The molecule has 3 heterocycles. The number of hydrogen-bond donors (Lipinski definition) is 1. The first-order valence-electron chi connectivity index (χ1n) is 10.5. The molecular weight excluding hydrogens is 428 g/mol. The Morgan fingerprint density at radius 2 is 1.88 bits per heavy atom. The number of nitrogens with one attached hydrogen (secondary N) is 1. The van der Waals surface area contributed by atoms with Crippen LogP contribution in [-0.4, -0.2) is 47.1 Å². The molecule has 10 heteroatoms. The average Bonchev–Trinajstić information content (AvgIpc) is 3.16. The van der Waals surface area contributed by atoms with Crippen molar-refractivity contribution in [2.45, 2.75) is 38.4 Å². The van der Waals surface area contributed by atoms with Crippen LogP contribution < -0.4 is 5.32 Å². The highest BCUT2D eigenvalue weighted by atomic mass is 19.4. The van der Waals surface area contributed by atoms with Crippen LogP contribution in [0.15, 0.2) is 30.6 Å². The summed E-state index contributed by atoms with van der Waals surface area (Å²) >= 11 is 0. The molecule has 2 aliphatic heterocycles. The van der Waals surface area contributed by atoms with E-state index in [9.17, 15) is 22.4 Å². The van der Waals surface area contributed by atoms with Crippen LogP contribution >= 0.6 is 0 Å². The minimum Gasteiger partial charge on any atom is -0.381 e. The first kappa shape index (κ1) is 22.4. The average molecular weight is 452 g/mol. The van der Waals surface area contributed by atoms with Crippen molar-refractivity contribution in [3.63, 3.8) is 0 Å². The molecule has 2 saturated heterocycles. The topological polar surface area (TPSA) is 67.4 Å². The van der Waals surface area contributed by atoms with E-state index in [1.807, 2.05) is 0 Å². The lowest BCUT2D eigenvalue weighted by Crippen LogP contribution is -2.35. The van der Waals surface area contributed by atoms with Gasteiger partial charge in [-0.15, -0.1) is 0 Å². The molecule has 6 nitrogen and oxygen atoms in total. The zero-order chi connectivity index (χ0) is 22.9. The third-order valence-electron chi connectivity index (χ3n) is 6.31. The van der Waals surface area contributed by atoms with Crippen molar-refractivity contribution in [3.05, 3.63) is 53.1 Å². The number of carbonyl (C=O) groups is 1. The standard InChI is InChI=1S/C22H24F4N4O2/c1-14(18-16(22(24,25)26)3-2-4-17(18)23)29-20-27-11-15(12-28-20)19(31)30-8-5-21(13-30)6-9-32-10-7-21/h2-4,11-12,14H,5-10,13H2,1H3,(H,27,28,29). The van der Waals surface area contributed by atoms with Gasteiger partial charge in [-0.2, -0.15) is 13.2 Å². The van der Waals surface area contributed by atoms with Crippen molar-refractivity contribution in [3.8, 4) is 0 Å². The summed E-state index contributed by atoms with van der Waals surface area (Å²) in [5.41, 5.74) is -1.15. The van der Waals surface area contributed by atoms with Crippen LogP contribution in [0.5, 0.6) is 0 Å². The van der Waals surface area contributed by atoms with Gasteiger partial charge in [-0.25, -0.2) is 14.4 Å². The fourth-order valence-corrected chi connectivity index (χ4v) is 4.51. The maximum Gasteiger partial charge on any atom is 0.416 e. The normalized spacial score (nSPS) is 19.2. The molecule has 0 radical (unpaired) electrons. The van der Waals surface area contributed by atoms with Crippen molar-refractivity contribution >= 4 is 11.9 Å². The first-order chi connectivity index (χ1) is 15.2. The zero-order valence-corrected chi connectivity index (χ0v) is 17.6. The third kappa shape index (κ3) is 4.55. The van der Waals surface area contributed by atoms with E-state index in [1.54, 1.807) is 4.90 Å². The molecule has 1 atom stereocenters. The molecule has 2 aromatic rings. The van der Waals surface area contributed by atoms with Crippen molar-refractivity contribution in [2.24, 2.45) is 5.41 Å². The van der Waals surface area contributed by atoms with Crippen LogP contribution in [0.3, 0.4) is 0 Å². The Bertz CT molecular complexity index is 975. The molecule has 0 aliphatic carbocycles.